The third kappa shape index (κ3) is 2.22. The van der Waals surface area contributed by atoms with E-state index in [2.05, 4.69) is 5.32 Å². The second-order valence-corrected chi connectivity index (χ2v) is 4.00. The van der Waals surface area contributed by atoms with E-state index in [9.17, 15) is 9.18 Å². The minimum Gasteiger partial charge on any atom is -0.481 e. The standard InChI is InChI=1S/C12H14FNO2/c13-12-8(3-4-11(15)16)1-2-9-7-14-6-5-10(9)12/h1-2,14H,3-7H2,(H,15,16). The van der Waals surface area contributed by atoms with E-state index in [-0.39, 0.29) is 18.7 Å². The summed E-state index contributed by atoms with van der Waals surface area (Å²) in [5.41, 5.74) is 2.26. The molecule has 16 heavy (non-hydrogen) atoms. The van der Waals surface area contributed by atoms with E-state index in [0.29, 0.717) is 18.5 Å². The van der Waals surface area contributed by atoms with Crippen LogP contribution in [-0.4, -0.2) is 17.6 Å². The Hall–Kier alpha value is -1.42. The molecule has 1 aromatic rings. The molecule has 0 amide bonds. The van der Waals surface area contributed by atoms with E-state index in [1.54, 1.807) is 6.07 Å². The lowest BCUT2D eigenvalue weighted by Crippen LogP contribution is -2.25. The number of carbonyl (C=O) groups is 1. The van der Waals surface area contributed by atoms with Crippen LogP contribution in [0.5, 0.6) is 0 Å². The van der Waals surface area contributed by atoms with Crippen molar-refractivity contribution in [2.45, 2.75) is 25.8 Å². The molecule has 0 atom stereocenters. The molecule has 86 valence electrons. The Morgan fingerprint density at radius 1 is 1.50 bits per heavy atom. The second-order valence-electron chi connectivity index (χ2n) is 4.00. The van der Waals surface area contributed by atoms with E-state index < -0.39 is 5.97 Å². The van der Waals surface area contributed by atoms with Crippen LogP contribution < -0.4 is 5.32 Å². The maximum absolute atomic E-state index is 14.0. The van der Waals surface area contributed by atoms with Gasteiger partial charge in [-0.1, -0.05) is 12.1 Å². The van der Waals surface area contributed by atoms with Crippen LogP contribution in [0.15, 0.2) is 12.1 Å². The number of aliphatic carboxylic acids is 1. The zero-order valence-corrected chi connectivity index (χ0v) is 8.92. The molecular formula is C12H14FNO2. The van der Waals surface area contributed by atoms with Gasteiger partial charge in [-0.3, -0.25) is 4.79 Å². The Morgan fingerprint density at radius 3 is 3.06 bits per heavy atom. The summed E-state index contributed by atoms with van der Waals surface area (Å²) in [7, 11) is 0. The number of fused-ring (bicyclic) bond motifs is 1. The Labute approximate surface area is 93.3 Å². The van der Waals surface area contributed by atoms with E-state index in [0.717, 1.165) is 17.7 Å². The first-order valence-electron chi connectivity index (χ1n) is 5.40. The number of rotatable bonds is 3. The third-order valence-corrected chi connectivity index (χ3v) is 2.90. The highest BCUT2D eigenvalue weighted by molar-refractivity contribution is 5.67. The molecule has 0 saturated carbocycles. The summed E-state index contributed by atoms with van der Waals surface area (Å²) in [5, 5.41) is 11.7. The molecule has 0 saturated heterocycles. The van der Waals surface area contributed by atoms with Gasteiger partial charge in [0.25, 0.3) is 0 Å². The number of hydrogen-bond acceptors (Lipinski definition) is 2. The van der Waals surface area contributed by atoms with Crippen molar-refractivity contribution in [3.8, 4) is 0 Å². The van der Waals surface area contributed by atoms with Crippen LogP contribution in [0, 0.1) is 5.82 Å². The SMILES string of the molecule is O=C(O)CCc1ccc2c(c1F)CCNC2. The monoisotopic (exact) mass is 223 g/mol. The largest absolute Gasteiger partial charge is 0.481 e. The molecule has 0 aromatic heterocycles. The summed E-state index contributed by atoms with van der Waals surface area (Å²) in [4.78, 5) is 10.4. The molecule has 0 spiro atoms. The maximum atomic E-state index is 14.0. The van der Waals surface area contributed by atoms with Crippen molar-refractivity contribution in [1.82, 2.24) is 5.32 Å². The van der Waals surface area contributed by atoms with Gasteiger partial charge in [-0.25, -0.2) is 4.39 Å². The summed E-state index contributed by atoms with van der Waals surface area (Å²) >= 11 is 0. The predicted molar refractivity (Wildman–Crippen MR) is 57.8 cm³/mol. The fraction of sp³-hybridized carbons (Fsp3) is 0.417. The van der Waals surface area contributed by atoms with Gasteiger partial charge in [-0.2, -0.15) is 0 Å². The molecule has 2 N–H and O–H groups in total. The van der Waals surface area contributed by atoms with Crippen molar-refractivity contribution in [1.29, 1.82) is 0 Å². The van der Waals surface area contributed by atoms with E-state index >= 15 is 0 Å². The van der Waals surface area contributed by atoms with Crippen molar-refractivity contribution < 1.29 is 14.3 Å². The van der Waals surface area contributed by atoms with Crippen LogP contribution in [0.4, 0.5) is 4.39 Å². The van der Waals surface area contributed by atoms with Crippen molar-refractivity contribution in [2.75, 3.05) is 6.54 Å². The Balaban J connectivity index is 2.23. The van der Waals surface area contributed by atoms with Crippen LogP contribution in [0.2, 0.25) is 0 Å². The van der Waals surface area contributed by atoms with Crippen molar-refractivity contribution in [3.63, 3.8) is 0 Å². The number of halogens is 1. The van der Waals surface area contributed by atoms with Gasteiger partial charge in [-0.15, -0.1) is 0 Å². The first kappa shape index (κ1) is 11.1. The number of hydrogen-bond donors (Lipinski definition) is 2. The van der Waals surface area contributed by atoms with Gasteiger partial charge < -0.3 is 10.4 Å². The summed E-state index contributed by atoms with van der Waals surface area (Å²) in [6, 6.07) is 3.59. The Morgan fingerprint density at radius 2 is 2.31 bits per heavy atom. The van der Waals surface area contributed by atoms with Gasteiger partial charge in [0.15, 0.2) is 0 Å². The lowest BCUT2D eigenvalue weighted by molar-refractivity contribution is -0.136. The van der Waals surface area contributed by atoms with Crippen molar-refractivity contribution >= 4 is 5.97 Å². The topological polar surface area (TPSA) is 49.3 Å². The quantitative estimate of drug-likeness (QED) is 0.816. The number of nitrogens with one attached hydrogen (secondary N) is 1. The van der Waals surface area contributed by atoms with E-state index in [1.807, 2.05) is 6.07 Å². The first-order valence-corrected chi connectivity index (χ1v) is 5.40. The molecule has 0 unspecified atom stereocenters. The molecule has 0 fully saturated rings. The van der Waals surface area contributed by atoms with Crippen LogP contribution in [0.1, 0.15) is 23.1 Å². The minimum absolute atomic E-state index is 0.0199. The number of benzene rings is 1. The Bertz CT molecular complexity index is 418. The normalized spacial score (nSPS) is 14.6. The molecule has 1 aliphatic heterocycles. The highest BCUT2D eigenvalue weighted by Crippen LogP contribution is 2.21. The molecule has 1 heterocycles. The molecule has 0 radical (unpaired) electrons. The summed E-state index contributed by atoms with van der Waals surface area (Å²) in [6.45, 7) is 1.48. The lowest BCUT2D eigenvalue weighted by Gasteiger charge is -2.19. The van der Waals surface area contributed by atoms with Crippen LogP contribution in [0.3, 0.4) is 0 Å². The lowest BCUT2D eigenvalue weighted by atomic mass is 9.96. The molecule has 0 bridgehead atoms. The van der Waals surface area contributed by atoms with Gasteiger partial charge in [0.2, 0.25) is 0 Å². The van der Waals surface area contributed by atoms with Crippen LogP contribution in [0.25, 0.3) is 0 Å². The smallest absolute Gasteiger partial charge is 0.303 e. The number of carboxylic acids is 1. The van der Waals surface area contributed by atoms with E-state index in [4.69, 9.17) is 5.11 Å². The fourth-order valence-electron chi connectivity index (χ4n) is 2.02. The minimum atomic E-state index is -0.890. The number of carboxylic acid groups (broad SMARTS) is 1. The van der Waals surface area contributed by atoms with Crippen LogP contribution >= 0.6 is 0 Å². The molecule has 3 nitrogen and oxygen atoms in total. The first-order chi connectivity index (χ1) is 7.68. The highest BCUT2D eigenvalue weighted by Gasteiger charge is 2.16. The van der Waals surface area contributed by atoms with Crippen LogP contribution in [-0.2, 0) is 24.2 Å². The average molecular weight is 223 g/mol. The van der Waals surface area contributed by atoms with Gasteiger partial charge in [0.1, 0.15) is 5.82 Å². The fourth-order valence-corrected chi connectivity index (χ4v) is 2.02. The second kappa shape index (κ2) is 4.61. The summed E-state index contributed by atoms with van der Waals surface area (Å²) < 4.78 is 14.0. The Kier molecular flexibility index (Phi) is 3.19. The molecule has 1 aliphatic rings. The molecule has 1 aromatic carbocycles. The molecular weight excluding hydrogens is 209 g/mol. The zero-order valence-electron chi connectivity index (χ0n) is 8.92. The van der Waals surface area contributed by atoms with Gasteiger partial charge in [-0.05, 0) is 36.1 Å². The average Bonchev–Trinajstić information content (AvgIpc) is 2.28. The van der Waals surface area contributed by atoms with Gasteiger partial charge in [0.05, 0.1) is 0 Å². The zero-order chi connectivity index (χ0) is 11.5. The third-order valence-electron chi connectivity index (χ3n) is 2.90. The number of aryl methyl sites for hydroxylation is 1. The highest BCUT2D eigenvalue weighted by atomic mass is 19.1. The molecule has 0 aliphatic carbocycles. The molecule has 2 rings (SSSR count). The predicted octanol–water partition coefficient (Wildman–Crippen LogP) is 1.49. The van der Waals surface area contributed by atoms with Gasteiger partial charge in [0, 0.05) is 13.0 Å². The summed E-state index contributed by atoms with van der Waals surface area (Å²) in [5.74, 6) is -1.10. The summed E-state index contributed by atoms with van der Waals surface area (Å²) in [6.07, 6.45) is 0.928. The van der Waals surface area contributed by atoms with E-state index in [1.165, 1.54) is 0 Å². The van der Waals surface area contributed by atoms with Crippen molar-refractivity contribution in [3.05, 3.63) is 34.6 Å². The van der Waals surface area contributed by atoms with Gasteiger partial charge >= 0.3 is 5.97 Å². The maximum Gasteiger partial charge on any atom is 0.303 e. The van der Waals surface area contributed by atoms with Crippen molar-refractivity contribution in [2.24, 2.45) is 0 Å². The molecule has 4 heteroatoms.